The number of piperidine rings is 2. The van der Waals surface area contributed by atoms with Crippen LogP contribution in [0.4, 0.5) is 0 Å². The number of benzene rings is 1. The highest BCUT2D eigenvalue weighted by atomic mass is 32.2. The molecule has 4 rings (SSSR count). The number of sulfonamides is 1. The Bertz CT molecular complexity index is 977. The van der Waals surface area contributed by atoms with Crippen molar-refractivity contribution < 1.29 is 17.6 Å². The number of rotatable bonds is 9. The molecule has 0 aliphatic carbocycles. The van der Waals surface area contributed by atoms with Crippen molar-refractivity contribution in [1.82, 2.24) is 14.5 Å². The first-order valence-electron chi connectivity index (χ1n) is 12.2. The van der Waals surface area contributed by atoms with Crippen molar-refractivity contribution in [2.45, 2.75) is 62.3 Å². The summed E-state index contributed by atoms with van der Waals surface area (Å²) in [5.41, 5.74) is 0.960. The minimum Gasteiger partial charge on any atom is -0.468 e. The molecular weight excluding hydrogens is 438 g/mol. The first-order valence-corrected chi connectivity index (χ1v) is 13.6. The van der Waals surface area contributed by atoms with Crippen LogP contribution in [-0.2, 0) is 21.2 Å². The van der Waals surface area contributed by atoms with Gasteiger partial charge in [0.1, 0.15) is 5.76 Å². The number of amides is 1. The zero-order valence-electron chi connectivity index (χ0n) is 19.2. The van der Waals surface area contributed by atoms with Crippen LogP contribution in [0.2, 0.25) is 0 Å². The SMILES string of the molecule is O=C(CCc1ccc(S(=O)(=O)N2CCCCC2)cc1)NC[C@@H](c1ccco1)N1CCCCC1. The summed E-state index contributed by atoms with van der Waals surface area (Å²) in [4.78, 5) is 15.3. The number of aryl methyl sites for hydroxylation is 1. The van der Waals surface area contributed by atoms with E-state index < -0.39 is 10.0 Å². The van der Waals surface area contributed by atoms with Gasteiger partial charge in [-0.1, -0.05) is 25.0 Å². The van der Waals surface area contributed by atoms with E-state index in [0.29, 0.717) is 37.4 Å². The summed E-state index contributed by atoms with van der Waals surface area (Å²) in [5.74, 6) is 0.885. The normalized spacial score (nSPS) is 19.3. The van der Waals surface area contributed by atoms with Crippen molar-refractivity contribution in [1.29, 1.82) is 0 Å². The molecule has 7 nitrogen and oxygen atoms in total. The maximum Gasteiger partial charge on any atom is 0.243 e. The lowest BCUT2D eigenvalue weighted by atomic mass is 10.1. The molecule has 1 aromatic carbocycles. The number of nitrogens with zero attached hydrogens (tertiary/aromatic N) is 2. The summed E-state index contributed by atoms with van der Waals surface area (Å²) in [6.07, 6.45) is 9.16. The fourth-order valence-corrected chi connectivity index (χ4v) is 6.28. The Hall–Kier alpha value is -2.16. The van der Waals surface area contributed by atoms with Gasteiger partial charge in [-0.25, -0.2) is 8.42 Å². The number of hydrogen-bond donors (Lipinski definition) is 1. The molecule has 0 spiro atoms. The second-order valence-corrected chi connectivity index (χ2v) is 11.0. The molecule has 180 valence electrons. The van der Waals surface area contributed by atoms with Crippen molar-refractivity contribution in [3.05, 3.63) is 54.0 Å². The molecule has 1 amide bonds. The zero-order valence-corrected chi connectivity index (χ0v) is 20.1. The first-order chi connectivity index (χ1) is 16.0. The van der Waals surface area contributed by atoms with E-state index in [2.05, 4.69) is 10.2 Å². The average Bonchev–Trinajstić information content (AvgIpc) is 3.39. The van der Waals surface area contributed by atoms with Crippen LogP contribution in [0.1, 0.15) is 62.3 Å². The molecule has 0 saturated carbocycles. The molecule has 2 fully saturated rings. The molecule has 0 unspecified atom stereocenters. The maximum absolute atomic E-state index is 12.8. The van der Waals surface area contributed by atoms with Crippen LogP contribution in [0.15, 0.2) is 52.0 Å². The molecule has 2 aliphatic rings. The quantitative estimate of drug-likeness (QED) is 0.600. The van der Waals surface area contributed by atoms with E-state index >= 15 is 0 Å². The van der Waals surface area contributed by atoms with Crippen LogP contribution in [-0.4, -0.2) is 56.3 Å². The highest BCUT2D eigenvalue weighted by molar-refractivity contribution is 7.89. The standard InChI is InChI=1S/C25H35N3O4S/c29-25(26-20-23(24-8-7-19-32-24)27-15-3-1-4-16-27)14-11-21-9-12-22(13-10-21)33(30,31)28-17-5-2-6-18-28/h7-10,12-13,19,23H,1-6,11,14-18,20H2,(H,26,29)/t23-/m0/s1. The van der Waals surface area contributed by atoms with Crippen molar-refractivity contribution in [2.75, 3.05) is 32.7 Å². The Kier molecular flexibility index (Phi) is 8.22. The van der Waals surface area contributed by atoms with E-state index in [1.54, 1.807) is 22.7 Å². The molecule has 8 heteroatoms. The van der Waals surface area contributed by atoms with Crippen molar-refractivity contribution in [3.63, 3.8) is 0 Å². The van der Waals surface area contributed by atoms with Gasteiger partial charge < -0.3 is 9.73 Å². The van der Waals surface area contributed by atoms with Crippen molar-refractivity contribution in [3.8, 4) is 0 Å². The average molecular weight is 474 g/mol. The fourth-order valence-electron chi connectivity index (χ4n) is 4.76. The van der Waals surface area contributed by atoms with Crippen molar-refractivity contribution >= 4 is 15.9 Å². The second-order valence-electron chi connectivity index (χ2n) is 9.04. The lowest BCUT2D eigenvalue weighted by Gasteiger charge is -2.33. The highest BCUT2D eigenvalue weighted by Crippen LogP contribution is 2.25. The van der Waals surface area contributed by atoms with Gasteiger partial charge in [0.25, 0.3) is 0 Å². The summed E-state index contributed by atoms with van der Waals surface area (Å²) in [6.45, 7) is 3.77. The molecule has 3 heterocycles. The fraction of sp³-hybridized carbons (Fsp3) is 0.560. The van der Waals surface area contributed by atoms with E-state index in [1.807, 2.05) is 24.3 Å². The summed E-state index contributed by atoms with van der Waals surface area (Å²) in [5, 5.41) is 3.07. The lowest BCUT2D eigenvalue weighted by molar-refractivity contribution is -0.121. The minimum atomic E-state index is -3.42. The Labute approximate surface area is 197 Å². The van der Waals surface area contributed by atoms with Crippen LogP contribution >= 0.6 is 0 Å². The molecule has 0 bridgehead atoms. The topological polar surface area (TPSA) is 82.9 Å². The highest BCUT2D eigenvalue weighted by Gasteiger charge is 2.26. The molecule has 0 radical (unpaired) electrons. The molecule has 1 aromatic heterocycles. The Morgan fingerprint density at radius 3 is 2.24 bits per heavy atom. The van der Waals surface area contributed by atoms with Crippen LogP contribution in [0, 0.1) is 0 Å². The number of likely N-dealkylation sites (tertiary alicyclic amines) is 1. The molecule has 1 N–H and O–H groups in total. The molecule has 33 heavy (non-hydrogen) atoms. The van der Waals surface area contributed by atoms with Crippen LogP contribution < -0.4 is 5.32 Å². The minimum absolute atomic E-state index is 0.00594. The number of hydrogen-bond acceptors (Lipinski definition) is 5. The van der Waals surface area contributed by atoms with Gasteiger partial charge in [0.05, 0.1) is 17.2 Å². The smallest absolute Gasteiger partial charge is 0.243 e. The van der Waals surface area contributed by atoms with Gasteiger partial charge in [0.2, 0.25) is 15.9 Å². The van der Waals surface area contributed by atoms with E-state index in [9.17, 15) is 13.2 Å². The van der Waals surface area contributed by atoms with E-state index in [-0.39, 0.29) is 11.9 Å². The summed E-state index contributed by atoms with van der Waals surface area (Å²) in [6, 6.07) is 10.9. The molecule has 2 aliphatic heterocycles. The van der Waals surface area contributed by atoms with Gasteiger partial charge in [-0.15, -0.1) is 0 Å². The number of carbonyl (C=O) groups is 1. The van der Waals surface area contributed by atoms with Crippen LogP contribution in [0.3, 0.4) is 0 Å². The van der Waals surface area contributed by atoms with Crippen LogP contribution in [0.5, 0.6) is 0 Å². The third-order valence-electron chi connectivity index (χ3n) is 6.71. The van der Waals surface area contributed by atoms with Crippen molar-refractivity contribution in [2.24, 2.45) is 0 Å². The monoisotopic (exact) mass is 473 g/mol. The van der Waals surface area contributed by atoms with Gasteiger partial charge in [0, 0.05) is 26.1 Å². The van der Waals surface area contributed by atoms with Gasteiger partial charge >= 0.3 is 0 Å². The predicted molar refractivity (Wildman–Crippen MR) is 127 cm³/mol. The number of nitrogens with one attached hydrogen (secondary N) is 1. The Morgan fingerprint density at radius 1 is 0.939 bits per heavy atom. The van der Waals surface area contributed by atoms with Crippen LogP contribution in [0.25, 0.3) is 0 Å². The Balaban J connectivity index is 1.28. The first kappa shape index (κ1) is 24.0. The lowest BCUT2D eigenvalue weighted by Crippen LogP contribution is -2.40. The van der Waals surface area contributed by atoms with Gasteiger partial charge in [-0.3, -0.25) is 9.69 Å². The van der Waals surface area contributed by atoms with E-state index in [1.165, 1.54) is 19.3 Å². The third-order valence-corrected chi connectivity index (χ3v) is 8.63. The second kappa shape index (κ2) is 11.3. The van der Waals surface area contributed by atoms with Gasteiger partial charge in [-0.05, 0) is 75.0 Å². The van der Waals surface area contributed by atoms with Gasteiger partial charge in [0.15, 0.2) is 0 Å². The maximum atomic E-state index is 12.8. The van der Waals surface area contributed by atoms with E-state index in [0.717, 1.165) is 43.7 Å². The third kappa shape index (κ3) is 6.25. The molecule has 2 saturated heterocycles. The zero-order chi connectivity index (χ0) is 23.1. The molecular formula is C25H35N3O4S. The summed E-state index contributed by atoms with van der Waals surface area (Å²) < 4.78 is 32.8. The molecule has 2 aromatic rings. The van der Waals surface area contributed by atoms with Gasteiger partial charge in [-0.2, -0.15) is 4.31 Å². The number of carbonyl (C=O) groups excluding carboxylic acids is 1. The summed E-state index contributed by atoms with van der Waals surface area (Å²) in [7, 11) is -3.42. The Morgan fingerprint density at radius 2 is 1.61 bits per heavy atom. The molecule has 1 atom stereocenters. The summed E-state index contributed by atoms with van der Waals surface area (Å²) >= 11 is 0. The largest absolute Gasteiger partial charge is 0.468 e. The predicted octanol–water partition coefficient (Wildman–Crippen LogP) is 3.73. The van der Waals surface area contributed by atoms with E-state index in [4.69, 9.17) is 4.42 Å². The number of furan rings is 1.